The van der Waals surface area contributed by atoms with Gasteiger partial charge >= 0.3 is 0 Å². The predicted molar refractivity (Wildman–Crippen MR) is 98.9 cm³/mol. The fourth-order valence-corrected chi connectivity index (χ4v) is 3.58. The lowest BCUT2D eigenvalue weighted by Crippen LogP contribution is -2.16. The highest BCUT2D eigenvalue weighted by molar-refractivity contribution is 7.07. The SMILES string of the molecule is C=C(C)CN=c1scc(-c2ccccc2F)n1N=C1CCCCC1. The third-order valence-corrected chi connectivity index (χ3v) is 4.85. The molecule has 1 fully saturated rings. The van der Waals surface area contributed by atoms with Crippen molar-refractivity contribution in [2.45, 2.75) is 39.0 Å². The zero-order valence-corrected chi connectivity index (χ0v) is 14.8. The van der Waals surface area contributed by atoms with E-state index < -0.39 is 0 Å². The Labute approximate surface area is 145 Å². The molecule has 1 aromatic heterocycles. The second kappa shape index (κ2) is 7.71. The molecule has 0 saturated heterocycles. The molecule has 5 heteroatoms. The zero-order chi connectivity index (χ0) is 16.9. The molecule has 0 bridgehead atoms. The van der Waals surface area contributed by atoms with Crippen molar-refractivity contribution in [1.82, 2.24) is 4.68 Å². The van der Waals surface area contributed by atoms with Crippen molar-refractivity contribution in [2.75, 3.05) is 6.54 Å². The summed E-state index contributed by atoms with van der Waals surface area (Å²) in [6, 6.07) is 6.82. The Morgan fingerprint density at radius 2 is 2.00 bits per heavy atom. The standard InChI is InChI=1S/C19H22FN3S/c1-14(2)12-21-19-23(22-15-8-4-3-5-9-15)18(13-24-19)16-10-6-7-11-17(16)20/h6-7,10-11,13H,1,3-5,8-9,12H2,2H3. The smallest absolute Gasteiger partial charge is 0.206 e. The molecule has 1 aromatic carbocycles. The van der Waals surface area contributed by atoms with Gasteiger partial charge in [-0.25, -0.2) is 9.07 Å². The van der Waals surface area contributed by atoms with Crippen LogP contribution in [0.2, 0.25) is 0 Å². The van der Waals surface area contributed by atoms with Crippen LogP contribution < -0.4 is 4.80 Å². The van der Waals surface area contributed by atoms with Gasteiger partial charge < -0.3 is 0 Å². The van der Waals surface area contributed by atoms with Crippen LogP contribution >= 0.6 is 11.3 Å². The topological polar surface area (TPSA) is 29.6 Å². The van der Waals surface area contributed by atoms with Gasteiger partial charge in [0, 0.05) is 16.7 Å². The number of hydrogen-bond acceptors (Lipinski definition) is 3. The number of rotatable bonds is 4. The first kappa shape index (κ1) is 16.8. The molecule has 1 aliphatic rings. The number of nitrogens with zero attached hydrogens (tertiary/aromatic N) is 3. The molecule has 24 heavy (non-hydrogen) atoms. The van der Waals surface area contributed by atoms with Gasteiger partial charge in [0.05, 0.1) is 12.2 Å². The van der Waals surface area contributed by atoms with E-state index in [1.165, 1.54) is 42.4 Å². The van der Waals surface area contributed by atoms with E-state index in [-0.39, 0.29) is 5.82 Å². The van der Waals surface area contributed by atoms with Crippen LogP contribution in [0.5, 0.6) is 0 Å². The molecule has 1 aliphatic carbocycles. The highest BCUT2D eigenvalue weighted by Crippen LogP contribution is 2.24. The molecule has 2 aromatic rings. The van der Waals surface area contributed by atoms with Gasteiger partial charge in [-0.2, -0.15) is 5.10 Å². The van der Waals surface area contributed by atoms with Crippen molar-refractivity contribution < 1.29 is 4.39 Å². The van der Waals surface area contributed by atoms with E-state index >= 15 is 0 Å². The lowest BCUT2D eigenvalue weighted by Gasteiger charge is -2.13. The number of benzene rings is 1. The molecular weight excluding hydrogens is 321 g/mol. The summed E-state index contributed by atoms with van der Waals surface area (Å²) in [5.41, 5.74) is 3.49. The molecule has 1 saturated carbocycles. The molecular formula is C19H22FN3S. The zero-order valence-electron chi connectivity index (χ0n) is 14.0. The number of aromatic nitrogens is 1. The van der Waals surface area contributed by atoms with Gasteiger partial charge in [0.25, 0.3) is 0 Å². The number of halogens is 1. The Balaban J connectivity index is 2.11. The first-order chi connectivity index (χ1) is 11.6. The summed E-state index contributed by atoms with van der Waals surface area (Å²) >= 11 is 1.49. The van der Waals surface area contributed by atoms with Gasteiger partial charge in [-0.15, -0.1) is 11.3 Å². The quantitative estimate of drug-likeness (QED) is 0.699. The summed E-state index contributed by atoms with van der Waals surface area (Å²) in [7, 11) is 0. The largest absolute Gasteiger partial charge is 0.253 e. The van der Waals surface area contributed by atoms with Crippen LogP contribution in [0.3, 0.4) is 0 Å². The van der Waals surface area contributed by atoms with Gasteiger partial charge in [-0.3, -0.25) is 4.99 Å². The third-order valence-electron chi connectivity index (χ3n) is 3.99. The van der Waals surface area contributed by atoms with E-state index in [9.17, 15) is 4.39 Å². The Bertz CT molecular complexity index is 821. The van der Waals surface area contributed by atoms with Crippen molar-refractivity contribution in [2.24, 2.45) is 10.1 Å². The average Bonchev–Trinajstić information content (AvgIpc) is 2.97. The van der Waals surface area contributed by atoms with Crippen LogP contribution in [-0.4, -0.2) is 16.9 Å². The maximum Gasteiger partial charge on any atom is 0.206 e. The van der Waals surface area contributed by atoms with Gasteiger partial charge in [-0.1, -0.05) is 30.7 Å². The first-order valence-corrected chi connectivity index (χ1v) is 9.20. The highest BCUT2D eigenvalue weighted by Gasteiger charge is 2.13. The molecule has 126 valence electrons. The minimum atomic E-state index is -0.237. The summed E-state index contributed by atoms with van der Waals surface area (Å²) in [5, 5.41) is 6.76. The van der Waals surface area contributed by atoms with E-state index in [0.29, 0.717) is 12.1 Å². The summed E-state index contributed by atoms with van der Waals surface area (Å²) < 4.78 is 16.1. The maximum atomic E-state index is 14.3. The molecule has 1 heterocycles. The van der Waals surface area contributed by atoms with Crippen LogP contribution in [0.15, 0.2) is 51.9 Å². The second-order valence-electron chi connectivity index (χ2n) is 6.20. The van der Waals surface area contributed by atoms with Crippen LogP contribution in [-0.2, 0) is 0 Å². The first-order valence-electron chi connectivity index (χ1n) is 8.32. The Morgan fingerprint density at radius 3 is 2.71 bits per heavy atom. The Hall–Kier alpha value is -2.01. The van der Waals surface area contributed by atoms with Crippen molar-refractivity contribution in [1.29, 1.82) is 0 Å². The molecule has 0 spiro atoms. The van der Waals surface area contributed by atoms with E-state index in [1.54, 1.807) is 12.1 Å². The van der Waals surface area contributed by atoms with Gasteiger partial charge in [0.15, 0.2) is 0 Å². The van der Waals surface area contributed by atoms with Crippen molar-refractivity contribution in [3.05, 3.63) is 52.4 Å². The predicted octanol–water partition coefficient (Wildman–Crippen LogP) is 5.00. The van der Waals surface area contributed by atoms with Gasteiger partial charge in [-0.05, 0) is 44.7 Å². The molecule has 0 atom stereocenters. The summed E-state index contributed by atoms with van der Waals surface area (Å²) in [6.45, 7) is 6.41. The number of thiazole rings is 1. The molecule has 3 rings (SSSR count). The van der Waals surface area contributed by atoms with Gasteiger partial charge in [0.1, 0.15) is 5.82 Å². The molecule has 3 nitrogen and oxygen atoms in total. The highest BCUT2D eigenvalue weighted by atomic mass is 32.1. The van der Waals surface area contributed by atoms with Crippen molar-refractivity contribution in [3.8, 4) is 11.3 Å². The van der Waals surface area contributed by atoms with Crippen LogP contribution in [0.25, 0.3) is 11.3 Å². The van der Waals surface area contributed by atoms with Crippen molar-refractivity contribution >= 4 is 17.0 Å². The number of hydrogen-bond donors (Lipinski definition) is 0. The van der Waals surface area contributed by atoms with E-state index in [4.69, 9.17) is 5.10 Å². The van der Waals surface area contributed by atoms with Gasteiger partial charge in [0.2, 0.25) is 4.80 Å². The minimum absolute atomic E-state index is 0.237. The molecule has 0 amide bonds. The van der Waals surface area contributed by atoms with E-state index in [0.717, 1.165) is 28.9 Å². The van der Waals surface area contributed by atoms with Crippen molar-refractivity contribution in [3.63, 3.8) is 0 Å². The lowest BCUT2D eigenvalue weighted by atomic mass is 9.99. The summed E-state index contributed by atoms with van der Waals surface area (Å²) in [4.78, 5) is 5.39. The minimum Gasteiger partial charge on any atom is -0.253 e. The monoisotopic (exact) mass is 343 g/mol. The van der Waals surface area contributed by atoms with E-state index in [1.807, 2.05) is 23.0 Å². The maximum absolute atomic E-state index is 14.3. The summed E-state index contributed by atoms with van der Waals surface area (Å²) in [6.07, 6.45) is 5.65. The molecule has 0 N–H and O–H groups in total. The average molecular weight is 343 g/mol. The van der Waals surface area contributed by atoms with Crippen LogP contribution in [0.1, 0.15) is 39.0 Å². The normalized spacial score (nSPS) is 15.6. The molecule has 0 radical (unpaired) electrons. The second-order valence-corrected chi connectivity index (χ2v) is 7.03. The molecule has 0 aliphatic heterocycles. The van der Waals surface area contributed by atoms with Crippen LogP contribution in [0.4, 0.5) is 4.39 Å². The van der Waals surface area contributed by atoms with Crippen LogP contribution in [0, 0.1) is 5.82 Å². The molecule has 0 unspecified atom stereocenters. The fraction of sp³-hybridized carbons (Fsp3) is 0.368. The Morgan fingerprint density at radius 1 is 1.25 bits per heavy atom. The third kappa shape index (κ3) is 3.90. The summed E-state index contributed by atoms with van der Waals surface area (Å²) in [5.74, 6) is -0.237. The van der Waals surface area contributed by atoms with E-state index in [2.05, 4.69) is 11.6 Å². The Kier molecular flexibility index (Phi) is 5.41. The lowest BCUT2D eigenvalue weighted by molar-refractivity contribution is 0.628. The fourth-order valence-electron chi connectivity index (χ4n) is 2.76.